The van der Waals surface area contributed by atoms with Crippen molar-refractivity contribution < 1.29 is 26.7 Å². The van der Waals surface area contributed by atoms with Crippen molar-refractivity contribution in [2.24, 2.45) is 7.05 Å². The Morgan fingerprint density at radius 3 is 2.31 bits per heavy atom. The van der Waals surface area contributed by atoms with Crippen molar-refractivity contribution in [2.45, 2.75) is 12.1 Å². The van der Waals surface area contributed by atoms with E-state index in [4.69, 9.17) is 0 Å². The molecule has 0 saturated heterocycles. The number of alkyl halides is 5. The Balaban J connectivity index is 2.80. The van der Waals surface area contributed by atoms with Crippen LogP contribution in [0.4, 0.5) is 27.8 Å². The van der Waals surface area contributed by atoms with Gasteiger partial charge in [0.05, 0.1) is 0 Å². The highest BCUT2D eigenvalue weighted by Gasteiger charge is 2.63. The van der Waals surface area contributed by atoms with E-state index in [9.17, 15) is 26.7 Å². The molecule has 0 spiro atoms. The minimum absolute atomic E-state index is 0.378. The zero-order chi connectivity index (χ0) is 12.6. The Bertz CT molecular complexity index is 397. The number of nitrogens with one attached hydrogen (secondary N) is 1. The molecule has 1 aromatic heterocycles. The first-order valence-electron chi connectivity index (χ1n) is 3.90. The van der Waals surface area contributed by atoms with Crippen LogP contribution in [0.15, 0.2) is 12.3 Å². The molecule has 0 aliphatic carbocycles. The first-order valence-corrected chi connectivity index (χ1v) is 3.90. The number of amides is 1. The Hall–Kier alpha value is -1.67. The predicted molar refractivity (Wildman–Crippen MR) is 42.8 cm³/mol. The van der Waals surface area contributed by atoms with Gasteiger partial charge in [0.25, 0.3) is 0 Å². The summed E-state index contributed by atoms with van der Waals surface area (Å²) in [5.74, 6) is -8.28. The third-order valence-corrected chi connectivity index (χ3v) is 1.60. The second-order valence-electron chi connectivity index (χ2n) is 2.90. The van der Waals surface area contributed by atoms with Gasteiger partial charge in [0.1, 0.15) is 0 Å². The standard InChI is InChI=1S/C7H6F5N3O/c1-15-3-2-4(14-15)13-5(16)6(8,9)7(10,11)12/h2-3H,1H3,(H,13,14,16). The second-order valence-corrected chi connectivity index (χ2v) is 2.90. The van der Waals surface area contributed by atoms with Crippen molar-refractivity contribution in [3.05, 3.63) is 12.3 Å². The lowest BCUT2D eigenvalue weighted by molar-refractivity contribution is -0.267. The third-order valence-electron chi connectivity index (χ3n) is 1.60. The first kappa shape index (κ1) is 12.4. The summed E-state index contributed by atoms with van der Waals surface area (Å²) in [6, 6.07) is 1.09. The zero-order valence-corrected chi connectivity index (χ0v) is 7.85. The van der Waals surface area contributed by atoms with Gasteiger partial charge in [-0.2, -0.15) is 27.1 Å². The minimum Gasteiger partial charge on any atom is -0.304 e. The van der Waals surface area contributed by atoms with Gasteiger partial charge in [-0.1, -0.05) is 0 Å². The fourth-order valence-corrected chi connectivity index (χ4v) is 0.805. The zero-order valence-electron chi connectivity index (χ0n) is 7.85. The number of aryl methyl sites for hydroxylation is 1. The average Bonchev–Trinajstić information content (AvgIpc) is 2.49. The van der Waals surface area contributed by atoms with E-state index in [0.29, 0.717) is 0 Å². The van der Waals surface area contributed by atoms with Crippen LogP contribution in [0.1, 0.15) is 0 Å². The summed E-state index contributed by atoms with van der Waals surface area (Å²) < 4.78 is 61.3. The van der Waals surface area contributed by atoms with Crippen molar-refractivity contribution in [3.63, 3.8) is 0 Å². The lowest BCUT2D eigenvalue weighted by atomic mass is 10.3. The Labute approximate surface area is 86.0 Å². The lowest BCUT2D eigenvalue weighted by Gasteiger charge is -2.17. The number of hydrogen-bond donors (Lipinski definition) is 1. The molecule has 16 heavy (non-hydrogen) atoms. The van der Waals surface area contributed by atoms with E-state index in [-0.39, 0.29) is 5.82 Å². The summed E-state index contributed by atoms with van der Waals surface area (Å²) in [6.07, 6.45) is -4.65. The first-order chi connectivity index (χ1) is 7.14. The van der Waals surface area contributed by atoms with Crippen LogP contribution in [0.25, 0.3) is 0 Å². The quantitative estimate of drug-likeness (QED) is 0.801. The molecule has 90 valence electrons. The van der Waals surface area contributed by atoms with Gasteiger partial charge in [-0.15, -0.1) is 0 Å². The summed E-state index contributed by atoms with van der Waals surface area (Å²) in [5, 5.41) is 4.80. The second kappa shape index (κ2) is 3.72. The largest absolute Gasteiger partial charge is 0.463 e. The molecule has 4 nitrogen and oxygen atoms in total. The van der Waals surface area contributed by atoms with Crippen LogP contribution in [0, 0.1) is 0 Å². The number of anilines is 1. The smallest absolute Gasteiger partial charge is 0.304 e. The number of carbonyl (C=O) groups is 1. The van der Waals surface area contributed by atoms with Crippen LogP contribution in [-0.2, 0) is 11.8 Å². The van der Waals surface area contributed by atoms with Gasteiger partial charge >= 0.3 is 18.0 Å². The highest BCUT2D eigenvalue weighted by atomic mass is 19.4. The van der Waals surface area contributed by atoms with Gasteiger partial charge in [0.2, 0.25) is 0 Å². The monoisotopic (exact) mass is 243 g/mol. The van der Waals surface area contributed by atoms with Gasteiger partial charge in [0.15, 0.2) is 5.82 Å². The highest BCUT2D eigenvalue weighted by molar-refractivity contribution is 5.95. The van der Waals surface area contributed by atoms with Crippen molar-refractivity contribution in [2.75, 3.05) is 5.32 Å². The lowest BCUT2D eigenvalue weighted by Crippen LogP contribution is -2.47. The van der Waals surface area contributed by atoms with Gasteiger partial charge in [-0.3, -0.25) is 9.48 Å². The highest BCUT2D eigenvalue weighted by Crippen LogP contribution is 2.36. The van der Waals surface area contributed by atoms with Crippen molar-refractivity contribution in [3.8, 4) is 0 Å². The minimum atomic E-state index is -5.92. The van der Waals surface area contributed by atoms with E-state index in [0.717, 1.165) is 10.7 Å². The van der Waals surface area contributed by atoms with E-state index >= 15 is 0 Å². The van der Waals surface area contributed by atoms with Crippen LogP contribution in [0.5, 0.6) is 0 Å². The Morgan fingerprint density at radius 1 is 1.38 bits per heavy atom. The van der Waals surface area contributed by atoms with Crippen LogP contribution in [0.2, 0.25) is 0 Å². The number of hydrogen-bond acceptors (Lipinski definition) is 2. The normalized spacial score (nSPS) is 12.6. The molecule has 0 atom stereocenters. The molecule has 1 amide bonds. The molecule has 1 rings (SSSR count). The average molecular weight is 243 g/mol. The molecule has 0 radical (unpaired) electrons. The molecule has 0 saturated carbocycles. The van der Waals surface area contributed by atoms with Crippen molar-refractivity contribution >= 4 is 11.7 Å². The van der Waals surface area contributed by atoms with Crippen LogP contribution in [0.3, 0.4) is 0 Å². The molecule has 0 unspecified atom stereocenters. The molecular formula is C7H6F5N3O. The topological polar surface area (TPSA) is 46.9 Å². The number of halogens is 5. The Kier molecular flexibility index (Phi) is 2.89. The van der Waals surface area contributed by atoms with Gasteiger partial charge in [-0.05, 0) is 0 Å². The molecule has 0 aliphatic heterocycles. The van der Waals surface area contributed by atoms with Crippen molar-refractivity contribution in [1.29, 1.82) is 0 Å². The third kappa shape index (κ3) is 2.28. The maximum atomic E-state index is 12.4. The maximum absolute atomic E-state index is 12.4. The summed E-state index contributed by atoms with van der Waals surface area (Å²) >= 11 is 0. The Morgan fingerprint density at radius 2 is 1.94 bits per heavy atom. The molecule has 1 heterocycles. The molecular weight excluding hydrogens is 237 g/mol. The van der Waals surface area contributed by atoms with E-state index in [1.54, 1.807) is 0 Å². The molecule has 0 aliphatic rings. The number of rotatable bonds is 2. The summed E-state index contributed by atoms with van der Waals surface area (Å²) in [6.45, 7) is 0. The number of carbonyl (C=O) groups excluding carboxylic acids is 1. The van der Waals surface area contributed by atoms with Crippen LogP contribution < -0.4 is 5.32 Å². The predicted octanol–water partition coefficient (Wildman–Crippen LogP) is 1.56. The molecule has 1 N–H and O–H groups in total. The van der Waals surface area contributed by atoms with E-state index < -0.39 is 18.0 Å². The molecule has 0 fully saturated rings. The van der Waals surface area contributed by atoms with E-state index in [1.807, 2.05) is 0 Å². The summed E-state index contributed by atoms with van der Waals surface area (Å²) in [5.41, 5.74) is 0. The maximum Gasteiger partial charge on any atom is 0.463 e. The molecule has 0 bridgehead atoms. The van der Waals surface area contributed by atoms with Crippen LogP contribution >= 0.6 is 0 Å². The van der Waals surface area contributed by atoms with E-state index in [2.05, 4.69) is 5.10 Å². The molecule has 0 aromatic carbocycles. The van der Waals surface area contributed by atoms with Gasteiger partial charge in [0, 0.05) is 19.3 Å². The number of nitrogens with zero attached hydrogens (tertiary/aromatic N) is 2. The molecule has 1 aromatic rings. The number of aromatic nitrogens is 2. The van der Waals surface area contributed by atoms with Gasteiger partial charge < -0.3 is 5.32 Å². The fraction of sp³-hybridized carbons (Fsp3) is 0.429. The van der Waals surface area contributed by atoms with Gasteiger partial charge in [-0.25, -0.2) is 0 Å². The van der Waals surface area contributed by atoms with Crippen molar-refractivity contribution in [1.82, 2.24) is 9.78 Å². The summed E-state index contributed by atoms with van der Waals surface area (Å²) in [7, 11) is 1.41. The van der Waals surface area contributed by atoms with Crippen LogP contribution in [-0.4, -0.2) is 27.8 Å². The SMILES string of the molecule is Cn1ccc(NC(=O)C(F)(F)C(F)(F)F)n1. The fourth-order valence-electron chi connectivity index (χ4n) is 0.805. The van der Waals surface area contributed by atoms with E-state index in [1.165, 1.54) is 18.6 Å². The molecule has 9 heteroatoms. The summed E-state index contributed by atoms with van der Waals surface area (Å²) in [4.78, 5) is 10.7.